The largest absolute Gasteiger partial charge is 1.00 e. The third-order valence-corrected chi connectivity index (χ3v) is 3.78. The Labute approximate surface area is 155 Å². The van der Waals surface area contributed by atoms with Gasteiger partial charge in [0.05, 0.1) is 5.21 Å². The Morgan fingerprint density at radius 2 is 1.36 bits per heavy atom. The highest BCUT2D eigenvalue weighted by Gasteiger charge is 2.25. The zero-order valence-corrected chi connectivity index (χ0v) is 15.4. The molecular formula is C17H16BrN7. The number of benzene rings is 2. The lowest BCUT2D eigenvalue weighted by molar-refractivity contribution is -0.747. The van der Waals surface area contributed by atoms with Crippen molar-refractivity contribution >= 4 is 0 Å². The Balaban J connectivity index is 0.00000182. The van der Waals surface area contributed by atoms with Crippen molar-refractivity contribution in [2.24, 2.45) is 0 Å². The number of nitrogens with zero attached hydrogens (tertiary/aromatic N) is 7. The van der Waals surface area contributed by atoms with Gasteiger partial charge in [0.1, 0.15) is 11.4 Å². The standard InChI is InChI=1S/C17H16N7.BrH/c1-13-14(2)20-24(19-13)23-17(15-9-5-3-6-10-15)18-21-22(23)16-11-7-4-8-12-16;/h3-12H,1-2H3;1H/q+1;/p-1. The van der Waals surface area contributed by atoms with Crippen LogP contribution in [0.15, 0.2) is 60.7 Å². The molecule has 0 saturated carbocycles. The molecule has 0 unspecified atom stereocenters. The van der Waals surface area contributed by atoms with E-state index in [2.05, 4.69) is 20.5 Å². The molecule has 2 heterocycles. The van der Waals surface area contributed by atoms with E-state index in [1.165, 1.54) is 4.91 Å². The molecule has 0 aliphatic heterocycles. The normalized spacial score (nSPS) is 10.5. The van der Waals surface area contributed by atoms with Crippen molar-refractivity contribution in [3.8, 4) is 17.1 Å². The molecule has 0 aliphatic rings. The van der Waals surface area contributed by atoms with E-state index in [1.807, 2.05) is 74.5 Å². The molecule has 0 radical (unpaired) electrons. The summed E-state index contributed by atoms with van der Waals surface area (Å²) in [5.74, 6) is 0.662. The fourth-order valence-electron chi connectivity index (χ4n) is 2.42. The van der Waals surface area contributed by atoms with Crippen LogP contribution in [0.2, 0.25) is 0 Å². The van der Waals surface area contributed by atoms with Crippen LogP contribution in [-0.4, -0.2) is 30.2 Å². The van der Waals surface area contributed by atoms with Crippen LogP contribution in [0, 0.1) is 13.8 Å². The fourth-order valence-corrected chi connectivity index (χ4v) is 2.42. The Kier molecular flexibility index (Phi) is 4.71. The molecule has 25 heavy (non-hydrogen) atoms. The highest BCUT2D eigenvalue weighted by molar-refractivity contribution is 5.53. The van der Waals surface area contributed by atoms with Gasteiger partial charge in [-0.2, -0.15) is 0 Å². The monoisotopic (exact) mass is 397 g/mol. The van der Waals surface area contributed by atoms with Gasteiger partial charge in [0.15, 0.2) is 5.69 Å². The first-order valence-electron chi connectivity index (χ1n) is 7.64. The van der Waals surface area contributed by atoms with Gasteiger partial charge in [-0.25, -0.2) is 0 Å². The number of halogens is 1. The predicted octanol–water partition coefficient (Wildman–Crippen LogP) is -1.25. The van der Waals surface area contributed by atoms with Crippen molar-refractivity contribution < 1.29 is 21.8 Å². The molecule has 0 bridgehead atoms. The minimum absolute atomic E-state index is 0. The smallest absolute Gasteiger partial charge is 0.311 e. The first-order valence-corrected chi connectivity index (χ1v) is 7.64. The van der Waals surface area contributed by atoms with Crippen LogP contribution in [-0.2, 0) is 0 Å². The Morgan fingerprint density at radius 3 is 1.96 bits per heavy atom. The molecule has 0 amide bonds. The molecule has 0 N–H and O–H groups in total. The third-order valence-electron chi connectivity index (χ3n) is 3.78. The van der Waals surface area contributed by atoms with Crippen molar-refractivity contribution in [2.75, 3.05) is 0 Å². The number of rotatable bonds is 3. The first kappa shape index (κ1) is 17.0. The van der Waals surface area contributed by atoms with Crippen molar-refractivity contribution in [1.29, 1.82) is 0 Å². The molecule has 7 nitrogen and oxygen atoms in total. The second kappa shape index (κ2) is 6.94. The molecule has 126 valence electrons. The summed E-state index contributed by atoms with van der Waals surface area (Å²) >= 11 is 0. The van der Waals surface area contributed by atoms with E-state index in [1.54, 1.807) is 9.59 Å². The molecular weight excluding hydrogens is 382 g/mol. The molecule has 4 rings (SSSR count). The lowest BCUT2D eigenvalue weighted by Gasteiger charge is -2.02. The van der Waals surface area contributed by atoms with E-state index in [0.29, 0.717) is 5.82 Å². The highest BCUT2D eigenvalue weighted by atomic mass is 79.9. The van der Waals surface area contributed by atoms with Gasteiger partial charge in [0.25, 0.3) is 0 Å². The van der Waals surface area contributed by atoms with Gasteiger partial charge in [0, 0.05) is 20.4 Å². The predicted molar refractivity (Wildman–Crippen MR) is 87.3 cm³/mol. The second-order valence-electron chi connectivity index (χ2n) is 5.43. The van der Waals surface area contributed by atoms with Crippen molar-refractivity contribution in [3.63, 3.8) is 0 Å². The van der Waals surface area contributed by atoms with E-state index in [0.717, 1.165) is 22.6 Å². The first-order chi connectivity index (χ1) is 11.7. The van der Waals surface area contributed by atoms with Crippen molar-refractivity contribution in [1.82, 2.24) is 30.2 Å². The zero-order valence-electron chi connectivity index (χ0n) is 13.8. The molecule has 0 aliphatic carbocycles. The van der Waals surface area contributed by atoms with Crippen LogP contribution in [0.1, 0.15) is 11.4 Å². The fraction of sp³-hybridized carbons (Fsp3) is 0.118. The van der Waals surface area contributed by atoms with Gasteiger partial charge in [-0.05, 0) is 42.9 Å². The van der Waals surface area contributed by atoms with Gasteiger partial charge in [-0.1, -0.05) is 46.6 Å². The summed E-state index contributed by atoms with van der Waals surface area (Å²) in [5.41, 5.74) is 3.54. The average Bonchev–Trinajstić information content (AvgIpc) is 3.20. The van der Waals surface area contributed by atoms with Crippen molar-refractivity contribution in [3.05, 3.63) is 72.1 Å². The quantitative estimate of drug-likeness (QED) is 0.405. The average molecular weight is 398 g/mol. The summed E-state index contributed by atoms with van der Waals surface area (Å²) in [6.07, 6.45) is 0. The Bertz CT molecular complexity index is 900. The van der Waals surface area contributed by atoms with E-state index < -0.39 is 0 Å². The van der Waals surface area contributed by atoms with E-state index >= 15 is 0 Å². The minimum atomic E-state index is 0. The molecule has 8 heteroatoms. The lowest BCUT2D eigenvalue weighted by Crippen LogP contribution is -3.00. The highest BCUT2D eigenvalue weighted by Crippen LogP contribution is 2.15. The number of hydrogen-bond donors (Lipinski definition) is 0. The van der Waals surface area contributed by atoms with Gasteiger partial charge >= 0.3 is 5.82 Å². The summed E-state index contributed by atoms with van der Waals surface area (Å²) in [6, 6.07) is 19.7. The van der Waals surface area contributed by atoms with Gasteiger partial charge in [0.2, 0.25) is 0 Å². The number of tetrazole rings is 1. The molecule has 4 aromatic rings. The Hall–Kier alpha value is -2.87. The zero-order chi connectivity index (χ0) is 16.5. The number of para-hydroxylation sites is 1. The second-order valence-corrected chi connectivity index (χ2v) is 5.43. The van der Waals surface area contributed by atoms with Crippen molar-refractivity contribution in [2.45, 2.75) is 13.8 Å². The van der Waals surface area contributed by atoms with E-state index in [4.69, 9.17) is 0 Å². The van der Waals surface area contributed by atoms with Crippen LogP contribution >= 0.6 is 0 Å². The molecule has 2 aromatic heterocycles. The Morgan fingerprint density at radius 1 is 0.800 bits per heavy atom. The lowest BCUT2D eigenvalue weighted by atomic mass is 10.2. The maximum atomic E-state index is 4.49. The van der Waals surface area contributed by atoms with Gasteiger partial charge in [-0.3, -0.25) is 0 Å². The molecule has 0 saturated heterocycles. The third kappa shape index (κ3) is 3.08. The number of hydrogen-bond acceptors (Lipinski definition) is 4. The number of aromatic nitrogens is 7. The minimum Gasteiger partial charge on any atom is -1.00 e. The van der Waals surface area contributed by atoms with Crippen LogP contribution in [0.25, 0.3) is 17.1 Å². The summed E-state index contributed by atoms with van der Waals surface area (Å²) in [4.78, 5) is 4.96. The molecule has 0 fully saturated rings. The topological polar surface area (TPSA) is 65.3 Å². The van der Waals surface area contributed by atoms with Gasteiger partial charge in [-0.15, -0.1) is 0 Å². The van der Waals surface area contributed by atoms with Crippen LogP contribution in [0.5, 0.6) is 0 Å². The summed E-state index contributed by atoms with van der Waals surface area (Å²) in [5, 5.41) is 17.6. The maximum absolute atomic E-state index is 4.49. The van der Waals surface area contributed by atoms with Crippen LogP contribution < -0.4 is 21.8 Å². The summed E-state index contributed by atoms with van der Waals surface area (Å²) in [6.45, 7) is 3.86. The van der Waals surface area contributed by atoms with Crippen LogP contribution in [0.4, 0.5) is 0 Å². The maximum Gasteiger partial charge on any atom is 0.311 e. The SMILES string of the molecule is Cc1nn(-n2c(-c3ccccc3)nn[n+]2-c2ccccc2)nc1C.[Br-]. The van der Waals surface area contributed by atoms with Gasteiger partial charge < -0.3 is 17.0 Å². The van der Waals surface area contributed by atoms with E-state index in [-0.39, 0.29) is 17.0 Å². The molecule has 2 aromatic carbocycles. The van der Waals surface area contributed by atoms with Crippen LogP contribution in [0.3, 0.4) is 0 Å². The molecule has 0 atom stereocenters. The summed E-state index contributed by atoms with van der Waals surface area (Å²) in [7, 11) is 0. The van der Waals surface area contributed by atoms with E-state index in [9.17, 15) is 0 Å². The molecule has 0 spiro atoms. The number of aryl methyl sites for hydroxylation is 2. The summed E-state index contributed by atoms with van der Waals surface area (Å²) < 4.78 is 0.